The van der Waals surface area contributed by atoms with Gasteiger partial charge in [-0.1, -0.05) is 36.4 Å². The molecule has 0 bridgehead atoms. The smallest absolute Gasteiger partial charge is 0.492 e. The third kappa shape index (κ3) is 7.12. The summed E-state index contributed by atoms with van der Waals surface area (Å²) < 4.78 is 74.9. The third-order valence-corrected chi connectivity index (χ3v) is 6.24. The molecule has 0 saturated carbocycles. The summed E-state index contributed by atoms with van der Waals surface area (Å²) in [5.74, 6) is -2.05. The van der Waals surface area contributed by atoms with Gasteiger partial charge in [-0.25, -0.2) is 8.42 Å². The van der Waals surface area contributed by atoms with E-state index in [1.165, 1.54) is 30.3 Å². The van der Waals surface area contributed by atoms with Crippen LogP contribution in [0.25, 0.3) is 0 Å². The number of halogens is 3. The highest BCUT2D eigenvalue weighted by Crippen LogP contribution is 2.31. The van der Waals surface area contributed by atoms with E-state index in [9.17, 15) is 31.5 Å². The van der Waals surface area contributed by atoms with Crippen molar-refractivity contribution in [3.8, 4) is 11.5 Å². The molecule has 192 valence electrons. The number of carbonyl (C=O) groups is 1. The number of hydrogen-bond donors (Lipinski definition) is 3. The summed E-state index contributed by atoms with van der Waals surface area (Å²) in [5.41, 5.74) is 0.658. The highest BCUT2D eigenvalue weighted by molar-refractivity contribution is 7.92. The van der Waals surface area contributed by atoms with Crippen LogP contribution in [0, 0.1) is 0 Å². The Morgan fingerprint density at radius 2 is 1.72 bits per heavy atom. The maximum absolute atomic E-state index is 13.0. The topological polar surface area (TPSA) is 114 Å². The number of sulfonamides is 1. The van der Waals surface area contributed by atoms with Gasteiger partial charge < -0.3 is 19.9 Å². The molecule has 0 aliphatic carbocycles. The largest absolute Gasteiger partial charge is 0.573 e. The summed E-state index contributed by atoms with van der Waals surface area (Å²) in [6.45, 7) is 1.28. The first-order valence-corrected chi connectivity index (χ1v) is 12.1. The predicted molar refractivity (Wildman–Crippen MR) is 126 cm³/mol. The minimum Gasteiger partial charge on any atom is -0.492 e. The van der Waals surface area contributed by atoms with Gasteiger partial charge in [0.2, 0.25) is 5.91 Å². The number of alkyl halides is 3. The number of anilines is 2. The number of carbonyl (C=O) groups excluding carboxylic acids is 1. The maximum Gasteiger partial charge on any atom is 0.573 e. The normalized spacial score (nSPS) is 12.5. The molecule has 3 aromatic carbocycles. The molecule has 8 nitrogen and oxygen atoms in total. The number of aliphatic hydroxyl groups is 1. The van der Waals surface area contributed by atoms with E-state index in [4.69, 9.17) is 4.74 Å². The van der Waals surface area contributed by atoms with Crippen molar-refractivity contribution in [2.45, 2.75) is 24.1 Å². The van der Waals surface area contributed by atoms with E-state index in [0.717, 1.165) is 12.1 Å². The van der Waals surface area contributed by atoms with Crippen molar-refractivity contribution in [1.29, 1.82) is 0 Å². The van der Waals surface area contributed by atoms with Crippen LogP contribution in [0.3, 0.4) is 0 Å². The molecule has 0 saturated heterocycles. The molecule has 0 fully saturated rings. The Balaban J connectivity index is 1.84. The zero-order valence-electron chi connectivity index (χ0n) is 19.0. The zero-order chi connectivity index (χ0) is 26.3. The number of benzene rings is 3. The van der Waals surface area contributed by atoms with Gasteiger partial charge in [0.1, 0.15) is 16.4 Å². The van der Waals surface area contributed by atoms with Crippen LogP contribution < -0.4 is 19.5 Å². The van der Waals surface area contributed by atoms with Crippen LogP contribution >= 0.6 is 0 Å². The van der Waals surface area contributed by atoms with Gasteiger partial charge >= 0.3 is 6.36 Å². The molecule has 3 N–H and O–H groups in total. The van der Waals surface area contributed by atoms with Crippen LogP contribution in [0.5, 0.6) is 11.5 Å². The predicted octanol–water partition coefficient (Wildman–Crippen LogP) is 4.50. The Morgan fingerprint density at radius 3 is 2.36 bits per heavy atom. The van der Waals surface area contributed by atoms with Gasteiger partial charge in [0.05, 0.1) is 24.8 Å². The molecule has 0 radical (unpaired) electrons. The average Bonchev–Trinajstić information content (AvgIpc) is 2.79. The first kappa shape index (κ1) is 26.8. The summed E-state index contributed by atoms with van der Waals surface area (Å²) in [4.78, 5) is 12.4. The molecular weight excluding hydrogens is 501 g/mol. The Labute approximate surface area is 205 Å². The van der Waals surface area contributed by atoms with Gasteiger partial charge in [-0.05, 0) is 36.8 Å². The lowest BCUT2D eigenvalue weighted by atomic mass is 9.99. The van der Waals surface area contributed by atoms with Crippen molar-refractivity contribution in [2.24, 2.45) is 0 Å². The number of amides is 1. The molecule has 1 amide bonds. The third-order valence-electron chi connectivity index (χ3n) is 4.82. The molecule has 0 unspecified atom stereocenters. The van der Waals surface area contributed by atoms with Crippen LogP contribution in [-0.2, 0) is 14.8 Å². The summed E-state index contributed by atoms with van der Waals surface area (Å²) >= 11 is 0. The minimum atomic E-state index is -4.94. The van der Waals surface area contributed by atoms with Gasteiger partial charge in [0, 0.05) is 17.8 Å². The van der Waals surface area contributed by atoms with Crippen molar-refractivity contribution < 1.29 is 41.0 Å². The first-order valence-electron chi connectivity index (χ1n) is 10.6. The number of ether oxygens (including phenoxy) is 2. The molecule has 0 aromatic heterocycles. The van der Waals surface area contributed by atoms with Crippen molar-refractivity contribution in [3.63, 3.8) is 0 Å². The second-order valence-corrected chi connectivity index (χ2v) is 9.06. The van der Waals surface area contributed by atoms with Gasteiger partial charge in [-0.2, -0.15) is 0 Å². The van der Waals surface area contributed by atoms with E-state index in [0.29, 0.717) is 5.56 Å². The van der Waals surface area contributed by atoms with Crippen LogP contribution in [-0.4, -0.2) is 39.0 Å². The van der Waals surface area contributed by atoms with E-state index in [-0.39, 0.29) is 28.6 Å². The zero-order valence-corrected chi connectivity index (χ0v) is 19.8. The number of nitrogens with one attached hydrogen (secondary N) is 2. The summed E-state index contributed by atoms with van der Waals surface area (Å²) in [6.07, 6.45) is -4.94. The van der Waals surface area contributed by atoms with E-state index < -0.39 is 40.6 Å². The molecule has 0 aliphatic heterocycles. The second-order valence-electron chi connectivity index (χ2n) is 7.41. The van der Waals surface area contributed by atoms with Crippen LogP contribution in [0.4, 0.5) is 24.5 Å². The summed E-state index contributed by atoms with van der Waals surface area (Å²) in [5, 5.41) is 12.3. The molecule has 36 heavy (non-hydrogen) atoms. The monoisotopic (exact) mass is 524 g/mol. The maximum atomic E-state index is 13.0. The van der Waals surface area contributed by atoms with Crippen molar-refractivity contribution >= 4 is 27.3 Å². The molecule has 1 atom stereocenters. The standard InChI is InChI=1S/C24H23F3N2O6S/c1-2-34-21-14-17(28-23(31)20(15-30)16-7-4-3-5-8-16)11-12-22(21)36(32,33)29-18-9-6-10-19(13-18)35-24(25,26)27/h3-14,20,29-30H,2,15H2,1H3,(H,28,31)/t20-/m1/s1. The van der Waals surface area contributed by atoms with Crippen molar-refractivity contribution in [3.05, 3.63) is 78.4 Å². The molecule has 3 aromatic rings. The number of hydrogen-bond acceptors (Lipinski definition) is 6. The first-order chi connectivity index (χ1) is 17.0. The molecular formula is C24H23F3N2O6S. The lowest BCUT2D eigenvalue weighted by Crippen LogP contribution is -2.24. The minimum absolute atomic E-state index is 0.0919. The fourth-order valence-corrected chi connectivity index (χ4v) is 4.47. The highest BCUT2D eigenvalue weighted by Gasteiger charge is 2.31. The molecule has 0 aliphatic rings. The van der Waals surface area contributed by atoms with Crippen LogP contribution in [0.15, 0.2) is 77.7 Å². The fraction of sp³-hybridized carbons (Fsp3) is 0.208. The van der Waals surface area contributed by atoms with E-state index >= 15 is 0 Å². The van der Waals surface area contributed by atoms with E-state index in [2.05, 4.69) is 14.8 Å². The van der Waals surface area contributed by atoms with Gasteiger partial charge in [0.25, 0.3) is 10.0 Å². The van der Waals surface area contributed by atoms with Gasteiger partial charge in [-0.3, -0.25) is 9.52 Å². The van der Waals surface area contributed by atoms with Crippen molar-refractivity contribution in [2.75, 3.05) is 23.3 Å². The molecule has 3 rings (SSSR count). The van der Waals surface area contributed by atoms with E-state index in [1.54, 1.807) is 37.3 Å². The van der Waals surface area contributed by atoms with E-state index in [1.807, 2.05) is 0 Å². The van der Waals surface area contributed by atoms with Crippen molar-refractivity contribution in [1.82, 2.24) is 0 Å². The summed E-state index contributed by atoms with van der Waals surface area (Å²) in [7, 11) is -4.30. The average molecular weight is 525 g/mol. The molecule has 0 spiro atoms. The Hall–Kier alpha value is -3.77. The molecule has 12 heteroatoms. The summed E-state index contributed by atoms with van der Waals surface area (Å²) in [6, 6.07) is 16.8. The van der Waals surface area contributed by atoms with Crippen LogP contribution in [0.1, 0.15) is 18.4 Å². The van der Waals surface area contributed by atoms with Crippen LogP contribution in [0.2, 0.25) is 0 Å². The number of aliphatic hydroxyl groups excluding tert-OH is 1. The number of rotatable bonds is 10. The Morgan fingerprint density at radius 1 is 1.00 bits per heavy atom. The van der Waals surface area contributed by atoms with Gasteiger partial charge in [-0.15, -0.1) is 13.2 Å². The Kier molecular flexibility index (Phi) is 8.43. The lowest BCUT2D eigenvalue weighted by molar-refractivity contribution is -0.274. The Bertz CT molecular complexity index is 1300. The SMILES string of the molecule is CCOc1cc(NC(=O)[C@H](CO)c2ccccc2)ccc1S(=O)(=O)Nc1cccc(OC(F)(F)F)c1. The second kappa shape index (κ2) is 11.3. The fourth-order valence-electron chi connectivity index (χ4n) is 3.30. The quantitative estimate of drug-likeness (QED) is 0.360. The lowest BCUT2D eigenvalue weighted by Gasteiger charge is -2.17. The molecule has 0 heterocycles. The van der Waals surface area contributed by atoms with Gasteiger partial charge in [0.15, 0.2) is 0 Å². The highest BCUT2D eigenvalue weighted by atomic mass is 32.2.